The van der Waals surface area contributed by atoms with Crippen molar-refractivity contribution < 1.29 is 13.6 Å². The molecule has 0 fully saturated rings. The number of aromatic nitrogens is 2. The molecule has 0 atom stereocenters. The number of furan rings is 1. The van der Waals surface area contributed by atoms with E-state index in [4.69, 9.17) is 20.4 Å². The number of hydrogen-bond acceptors (Lipinski definition) is 5. The maximum Gasteiger partial charge on any atom is 0.322 e. The Morgan fingerprint density at radius 3 is 2.82 bits per heavy atom. The Morgan fingerprint density at radius 2 is 2.05 bits per heavy atom. The largest absolute Gasteiger partial charge is 0.459 e. The average molecular weight is 316 g/mol. The van der Waals surface area contributed by atoms with E-state index in [-0.39, 0.29) is 11.9 Å². The topological polar surface area (TPSA) is 81.2 Å². The SMILES string of the molecule is O=C(C=Cc1ccccc1Cl)Nc1nnc(-c2ccco2)o1. The van der Waals surface area contributed by atoms with Gasteiger partial charge in [0.25, 0.3) is 11.8 Å². The molecule has 0 unspecified atom stereocenters. The summed E-state index contributed by atoms with van der Waals surface area (Å²) in [4.78, 5) is 11.8. The fourth-order valence-electron chi connectivity index (χ4n) is 1.70. The van der Waals surface area contributed by atoms with Crippen molar-refractivity contribution >= 4 is 29.6 Å². The smallest absolute Gasteiger partial charge is 0.322 e. The summed E-state index contributed by atoms with van der Waals surface area (Å²) in [5.41, 5.74) is 0.737. The molecular formula is C15H10ClN3O3. The summed E-state index contributed by atoms with van der Waals surface area (Å²) in [6.45, 7) is 0. The van der Waals surface area contributed by atoms with Crippen molar-refractivity contribution in [3.63, 3.8) is 0 Å². The minimum atomic E-state index is -0.408. The zero-order valence-electron chi connectivity index (χ0n) is 11.2. The van der Waals surface area contributed by atoms with Crippen LogP contribution in [0.4, 0.5) is 6.01 Å². The summed E-state index contributed by atoms with van der Waals surface area (Å²) in [5, 5.41) is 10.5. The van der Waals surface area contributed by atoms with Gasteiger partial charge in [-0.1, -0.05) is 34.9 Å². The molecule has 0 aliphatic rings. The molecule has 0 saturated carbocycles. The van der Waals surface area contributed by atoms with Crippen LogP contribution in [0, 0.1) is 0 Å². The molecule has 0 aliphatic heterocycles. The van der Waals surface area contributed by atoms with Crippen LogP contribution in [0.15, 0.2) is 57.6 Å². The van der Waals surface area contributed by atoms with Crippen molar-refractivity contribution in [3.05, 3.63) is 59.3 Å². The fraction of sp³-hybridized carbons (Fsp3) is 0. The van der Waals surface area contributed by atoms with Crippen molar-refractivity contribution in [2.45, 2.75) is 0 Å². The Hall–Kier alpha value is -2.86. The minimum Gasteiger partial charge on any atom is -0.459 e. The standard InChI is InChI=1S/C15H10ClN3O3/c16-11-5-2-1-4-10(11)7-8-13(20)17-15-19-18-14(22-15)12-6-3-9-21-12/h1-9H,(H,17,19,20). The van der Waals surface area contributed by atoms with Crippen LogP contribution < -0.4 is 5.32 Å². The molecule has 2 aromatic heterocycles. The highest BCUT2D eigenvalue weighted by Crippen LogP contribution is 2.20. The first-order valence-corrected chi connectivity index (χ1v) is 6.71. The Morgan fingerprint density at radius 1 is 1.18 bits per heavy atom. The third kappa shape index (κ3) is 3.24. The Labute approximate surface area is 130 Å². The van der Waals surface area contributed by atoms with Crippen LogP contribution in [0.1, 0.15) is 5.56 Å². The van der Waals surface area contributed by atoms with Crippen LogP contribution in [0.2, 0.25) is 5.02 Å². The number of amides is 1. The van der Waals surface area contributed by atoms with Gasteiger partial charge in [-0.2, -0.15) is 0 Å². The summed E-state index contributed by atoms with van der Waals surface area (Å²) >= 11 is 5.99. The normalized spacial score (nSPS) is 11.0. The molecule has 0 bridgehead atoms. The summed E-state index contributed by atoms with van der Waals surface area (Å²) in [7, 11) is 0. The highest BCUT2D eigenvalue weighted by atomic mass is 35.5. The first-order chi connectivity index (χ1) is 10.7. The lowest BCUT2D eigenvalue weighted by Gasteiger charge is -1.97. The molecule has 0 spiro atoms. The molecule has 0 aliphatic carbocycles. The second-order valence-electron chi connectivity index (χ2n) is 4.23. The molecule has 3 aromatic rings. The summed E-state index contributed by atoms with van der Waals surface area (Å²) in [6, 6.07) is 10.5. The van der Waals surface area contributed by atoms with E-state index < -0.39 is 5.91 Å². The molecule has 3 rings (SSSR count). The van der Waals surface area contributed by atoms with Gasteiger partial charge in [0, 0.05) is 11.1 Å². The minimum absolute atomic E-state index is 0.0137. The third-order valence-electron chi connectivity index (χ3n) is 2.71. The number of carbonyl (C=O) groups excluding carboxylic acids is 1. The van der Waals surface area contributed by atoms with E-state index in [0.29, 0.717) is 10.8 Å². The van der Waals surface area contributed by atoms with E-state index in [1.807, 2.05) is 12.1 Å². The van der Waals surface area contributed by atoms with E-state index >= 15 is 0 Å². The number of carbonyl (C=O) groups is 1. The van der Waals surface area contributed by atoms with Gasteiger partial charge < -0.3 is 8.83 Å². The van der Waals surface area contributed by atoms with E-state index in [1.165, 1.54) is 12.3 Å². The van der Waals surface area contributed by atoms with E-state index in [2.05, 4.69) is 15.5 Å². The van der Waals surface area contributed by atoms with Gasteiger partial charge in [-0.15, -0.1) is 5.10 Å². The molecule has 22 heavy (non-hydrogen) atoms. The van der Waals surface area contributed by atoms with Crippen LogP contribution >= 0.6 is 11.6 Å². The van der Waals surface area contributed by atoms with Gasteiger partial charge in [-0.25, -0.2) is 0 Å². The average Bonchev–Trinajstić information content (AvgIpc) is 3.17. The van der Waals surface area contributed by atoms with Crippen LogP contribution in [-0.4, -0.2) is 16.1 Å². The number of nitrogens with one attached hydrogen (secondary N) is 1. The number of rotatable bonds is 4. The molecule has 0 saturated heterocycles. The summed E-state index contributed by atoms with van der Waals surface area (Å²) < 4.78 is 10.4. The molecule has 1 amide bonds. The van der Waals surface area contributed by atoms with Gasteiger partial charge in [-0.05, 0) is 29.8 Å². The Bertz CT molecular complexity index is 809. The third-order valence-corrected chi connectivity index (χ3v) is 3.05. The number of anilines is 1. The summed E-state index contributed by atoms with van der Waals surface area (Å²) in [6.07, 6.45) is 4.42. The van der Waals surface area contributed by atoms with Crippen LogP contribution in [0.3, 0.4) is 0 Å². The van der Waals surface area contributed by atoms with Gasteiger partial charge >= 0.3 is 6.01 Å². The quantitative estimate of drug-likeness (QED) is 0.743. The predicted octanol–water partition coefficient (Wildman–Crippen LogP) is 3.63. The lowest BCUT2D eigenvalue weighted by Crippen LogP contribution is -2.07. The van der Waals surface area contributed by atoms with Crippen LogP contribution in [-0.2, 0) is 4.79 Å². The van der Waals surface area contributed by atoms with Crippen molar-refractivity contribution in [2.75, 3.05) is 5.32 Å². The van der Waals surface area contributed by atoms with Crippen molar-refractivity contribution in [2.24, 2.45) is 0 Å². The number of benzene rings is 1. The van der Waals surface area contributed by atoms with Gasteiger partial charge in [0.2, 0.25) is 0 Å². The Kier molecular flexibility index (Phi) is 4.02. The number of hydrogen-bond donors (Lipinski definition) is 1. The molecule has 1 aromatic carbocycles. The molecular weight excluding hydrogens is 306 g/mol. The fourth-order valence-corrected chi connectivity index (χ4v) is 1.90. The van der Waals surface area contributed by atoms with E-state index in [9.17, 15) is 4.79 Å². The first-order valence-electron chi connectivity index (χ1n) is 6.33. The van der Waals surface area contributed by atoms with Gasteiger partial charge in [0.05, 0.1) is 6.26 Å². The zero-order valence-corrected chi connectivity index (χ0v) is 11.9. The zero-order chi connectivity index (χ0) is 15.4. The highest BCUT2D eigenvalue weighted by Gasteiger charge is 2.11. The molecule has 0 radical (unpaired) electrons. The van der Waals surface area contributed by atoms with Crippen molar-refractivity contribution in [3.8, 4) is 11.7 Å². The van der Waals surface area contributed by atoms with E-state index in [1.54, 1.807) is 30.3 Å². The highest BCUT2D eigenvalue weighted by molar-refractivity contribution is 6.32. The maximum absolute atomic E-state index is 11.8. The molecule has 7 heteroatoms. The second-order valence-corrected chi connectivity index (χ2v) is 4.64. The lowest BCUT2D eigenvalue weighted by molar-refractivity contribution is -0.112. The number of halogens is 1. The molecule has 2 heterocycles. The second kappa shape index (κ2) is 6.28. The molecule has 110 valence electrons. The van der Waals surface area contributed by atoms with Gasteiger partial charge in [0.1, 0.15) is 0 Å². The van der Waals surface area contributed by atoms with Gasteiger partial charge in [-0.3, -0.25) is 10.1 Å². The van der Waals surface area contributed by atoms with Gasteiger partial charge in [0.15, 0.2) is 5.76 Å². The monoisotopic (exact) mass is 315 g/mol. The first kappa shape index (κ1) is 14.1. The maximum atomic E-state index is 11.8. The van der Waals surface area contributed by atoms with Crippen molar-refractivity contribution in [1.82, 2.24) is 10.2 Å². The van der Waals surface area contributed by atoms with E-state index in [0.717, 1.165) is 5.56 Å². The summed E-state index contributed by atoms with van der Waals surface area (Å²) in [5.74, 6) is 0.213. The van der Waals surface area contributed by atoms with Crippen LogP contribution in [0.5, 0.6) is 0 Å². The van der Waals surface area contributed by atoms with Crippen molar-refractivity contribution in [1.29, 1.82) is 0 Å². The Balaban J connectivity index is 1.66. The van der Waals surface area contributed by atoms with Crippen LogP contribution in [0.25, 0.3) is 17.7 Å². The number of nitrogens with zero attached hydrogens (tertiary/aromatic N) is 2. The molecule has 6 nitrogen and oxygen atoms in total. The lowest BCUT2D eigenvalue weighted by atomic mass is 10.2. The predicted molar refractivity (Wildman–Crippen MR) is 81.1 cm³/mol. The molecule has 1 N–H and O–H groups in total.